The van der Waals surface area contributed by atoms with Gasteiger partial charge in [0.15, 0.2) is 0 Å². The quantitative estimate of drug-likeness (QED) is 0.700. The van der Waals surface area contributed by atoms with Crippen LogP contribution < -0.4 is 0 Å². The Kier molecular flexibility index (Phi) is 3.86. The highest BCUT2D eigenvalue weighted by atomic mass is 32.1. The van der Waals surface area contributed by atoms with E-state index in [2.05, 4.69) is 45.5 Å². The Balaban J connectivity index is 2.96. The number of aryl methyl sites for hydroxylation is 2. The second-order valence-corrected chi connectivity index (χ2v) is 4.08. The molecule has 0 N–H and O–H groups in total. The van der Waals surface area contributed by atoms with E-state index in [4.69, 9.17) is 0 Å². The predicted molar refractivity (Wildman–Crippen MR) is 62.8 cm³/mol. The van der Waals surface area contributed by atoms with Gasteiger partial charge >= 0.3 is 0 Å². The summed E-state index contributed by atoms with van der Waals surface area (Å²) in [5.74, 6) is 0.979. The summed E-state index contributed by atoms with van der Waals surface area (Å²) >= 11 is 4.25. The molecule has 72 valence electrons. The van der Waals surface area contributed by atoms with E-state index in [1.807, 2.05) is 0 Å². The summed E-state index contributed by atoms with van der Waals surface area (Å²) in [5.41, 5.74) is 5.81. The maximum absolute atomic E-state index is 4.25. The molecule has 1 rings (SSSR count). The number of rotatable bonds is 3. The summed E-state index contributed by atoms with van der Waals surface area (Å²) < 4.78 is 0. The van der Waals surface area contributed by atoms with Crippen LogP contribution in [0.5, 0.6) is 0 Å². The van der Waals surface area contributed by atoms with Crippen molar-refractivity contribution >= 4 is 12.6 Å². The van der Waals surface area contributed by atoms with Crippen LogP contribution >= 0.6 is 12.6 Å². The molecule has 0 amide bonds. The fourth-order valence-corrected chi connectivity index (χ4v) is 1.81. The van der Waals surface area contributed by atoms with E-state index >= 15 is 0 Å². The van der Waals surface area contributed by atoms with Gasteiger partial charge in [-0.2, -0.15) is 12.6 Å². The van der Waals surface area contributed by atoms with Crippen molar-refractivity contribution in [3.63, 3.8) is 0 Å². The fourth-order valence-electron chi connectivity index (χ4n) is 1.65. The van der Waals surface area contributed by atoms with Crippen molar-refractivity contribution in [3.8, 4) is 0 Å². The van der Waals surface area contributed by atoms with Gasteiger partial charge in [-0.25, -0.2) is 0 Å². The molecule has 1 heteroatoms. The number of hydrogen-bond acceptors (Lipinski definition) is 1. The van der Waals surface area contributed by atoms with Gasteiger partial charge < -0.3 is 0 Å². The van der Waals surface area contributed by atoms with Crippen LogP contribution in [-0.2, 0) is 6.42 Å². The summed E-state index contributed by atoms with van der Waals surface area (Å²) in [6, 6.07) is 4.42. The molecule has 1 aromatic rings. The molecule has 0 spiro atoms. The molecule has 13 heavy (non-hydrogen) atoms. The van der Waals surface area contributed by atoms with Gasteiger partial charge in [0, 0.05) is 0 Å². The number of hydrogen-bond donors (Lipinski definition) is 1. The topological polar surface area (TPSA) is 0 Å². The van der Waals surface area contributed by atoms with Crippen molar-refractivity contribution in [2.24, 2.45) is 0 Å². The lowest BCUT2D eigenvalue weighted by molar-refractivity contribution is 0.912. The van der Waals surface area contributed by atoms with Crippen LogP contribution in [-0.4, -0.2) is 5.75 Å². The van der Waals surface area contributed by atoms with E-state index in [1.54, 1.807) is 0 Å². The smallest absolute Gasteiger partial charge is 0.00947 e. The first-order valence-corrected chi connectivity index (χ1v) is 5.46. The lowest BCUT2D eigenvalue weighted by Crippen LogP contribution is -1.96. The second kappa shape index (κ2) is 4.71. The van der Waals surface area contributed by atoms with Gasteiger partial charge in [0.25, 0.3) is 0 Å². The number of benzene rings is 1. The molecule has 0 nitrogen and oxygen atoms in total. The van der Waals surface area contributed by atoms with Crippen molar-refractivity contribution in [3.05, 3.63) is 34.4 Å². The summed E-state index contributed by atoms with van der Waals surface area (Å²) in [5, 5.41) is 0. The molecule has 0 aromatic heterocycles. The highest BCUT2D eigenvalue weighted by Gasteiger charge is 2.03. The normalized spacial score (nSPS) is 10.5. The van der Waals surface area contributed by atoms with Crippen LogP contribution in [0.15, 0.2) is 12.1 Å². The molecule has 0 heterocycles. The summed E-state index contributed by atoms with van der Waals surface area (Å²) in [6.45, 7) is 6.59. The molecule has 0 fully saturated rings. The highest BCUT2D eigenvalue weighted by molar-refractivity contribution is 7.80. The van der Waals surface area contributed by atoms with Gasteiger partial charge in [-0.1, -0.05) is 12.1 Å². The van der Waals surface area contributed by atoms with Crippen molar-refractivity contribution in [2.45, 2.75) is 33.6 Å². The van der Waals surface area contributed by atoms with Crippen LogP contribution in [0.4, 0.5) is 0 Å². The summed E-state index contributed by atoms with van der Waals surface area (Å²) in [4.78, 5) is 0. The molecule has 0 unspecified atom stereocenters. The third kappa shape index (κ3) is 2.50. The van der Waals surface area contributed by atoms with Gasteiger partial charge in [0.1, 0.15) is 0 Å². The molecule has 0 aliphatic heterocycles. The van der Waals surface area contributed by atoms with Crippen LogP contribution in [0.2, 0.25) is 0 Å². The first kappa shape index (κ1) is 10.6. The van der Waals surface area contributed by atoms with Crippen molar-refractivity contribution in [2.75, 3.05) is 5.75 Å². The van der Waals surface area contributed by atoms with Crippen LogP contribution in [0.3, 0.4) is 0 Å². The van der Waals surface area contributed by atoms with Crippen LogP contribution in [0.25, 0.3) is 0 Å². The Hall–Kier alpha value is -0.430. The molecule has 0 radical (unpaired) electrons. The molecule has 1 aromatic carbocycles. The monoisotopic (exact) mass is 194 g/mol. The zero-order valence-corrected chi connectivity index (χ0v) is 9.62. The summed E-state index contributed by atoms with van der Waals surface area (Å²) in [7, 11) is 0. The number of thiol groups is 1. The van der Waals surface area contributed by atoms with E-state index < -0.39 is 0 Å². The Morgan fingerprint density at radius 3 is 2.31 bits per heavy atom. The van der Waals surface area contributed by atoms with Gasteiger partial charge in [0.05, 0.1) is 0 Å². The average molecular weight is 194 g/mol. The van der Waals surface area contributed by atoms with Crippen molar-refractivity contribution < 1.29 is 0 Å². The van der Waals surface area contributed by atoms with Crippen molar-refractivity contribution in [1.29, 1.82) is 0 Å². The standard InChI is InChI=1S/C12H18S/c1-9-6-7-10(2)12(11(9)3)5-4-8-13/h6-7,13H,4-5,8H2,1-3H3. The first-order chi connectivity index (χ1) is 6.16. The molecule has 0 atom stereocenters. The van der Waals surface area contributed by atoms with Gasteiger partial charge in [0.2, 0.25) is 0 Å². The molecule has 0 bridgehead atoms. The van der Waals surface area contributed by atoms with Crippen molar-refractivity contribution in [1.82, 2.24) is 0 Å². The van der Waals surface area contributed by atoms with Crippen LogP contribution in [0, 0.1) is 20.8 Å². The minimum Gasteiger partial charge on any atom is -0.179 e. The Morgan fingerprint density at radius 2 is 1.69 bits per heavy atom. The largest absolute Gasteiger partial charge is 0.179 e. The Morgan fingerprint density at radius 1 is 1.08 bits per heavy atom. The molecule has 0 aliphatic rings. The third-order valence-corrected chi connectivity index (χ3v) is 3.00. The molecule has 0 aliphatic carbocycles. The predicted octanol–water partition coefficient (Wildman–Crippen LogP) is 3.47. The van der Waals surface area contributed by atoms with Gasteiger partial charge in [-0.15, -0.1) is 0 Å². The Labute approximate surface area is 86.8 Å². The SMILES string of the molecule is Cc1ccc(C)c(CCCS)c1C. The summed E-state index contributed by atoms with van der Waals surface area (Å²) in [6.07, 6.45) is 2.34. The molecule has 0 saturated heterocycles. The Bertz CT molecular complexity index is 289. The van der Waals surface area contributed by atoms with E-state index in [9.17, 15) is 0 Å². The molecular formula is C12H18S. The zero-order chi connectivity index (χ0) is 9.84. The third-order valence-electron chi connectivity index (χ3n) is 2.69. The minimum absolute atomic E-state index is 0.979. The van der Waals surface area contributed by atoms with E-state index in [-0.39, 0.29) is 0 Å². The second-order valence-electron chi connectivity index (χ2n) is 3.63. The highest BCUT2D eigenvalue weighted by Crippen LogP contribution is 2.19. The molecular weight excluding hydrogens is 176 g/mol. The average Bonchev–Trinajstić information content (AvgIpc) is 2.12. The maximum Gasteiger partial charge on any atom is -0.00947 e. The van der Waals surface area contributed by atoms with E-state index in [0.29, 0.717) is 0 Å². The van der Waals surface area contributed by atoms with E-state index in [0.717, 1.165) is 5.75 Å². The maximum atomic E-state index is 4.25. The lowest BCUT2D eigenvalue weighted by atomic mass is 9.95. The zero-order valence-electron chi connectivity index (χ0n) is 8.72. The van der Waals surface area contributed by atoms with E-state index in [1.165, 1.54) is 35.1 Å². The lowest BCUT2D eigenvalue weighted by Gasteiger charge is -2.11. The first-order valence-electron chi connectivity index (χ1n) is 4.83. The van der Waals surface area contributed by atoms with Gasteiger partial charge in [-0.05, 0) is 61.6 Å². The molecule has 0 saturated carbocycles. The van der Waals surface area contributed by atoms with Gasteiger partial charge in [-0.3, -0.25) is 0 Å². The van der Waals surface area contributed by atoms with Crippen LogP contribution in [0.1, 0.15) is 28.7 Å². The fraction of sp³-hybridized carbons (Fsp3) is 0.500. The minimum atomic E-state index is 0.979.